The molecule has 0 amide bonds. The van der Waals surface area contributed by atoms with Gasteiger partial charge in [-0.1, -0.05) is 0 Å². The lowest BCUT2D eigenvalue weighted by atomic mass is 10.4. The first-order valence-electron chi connectivity index (χ1n) is 2.56. The van der Waals surface area contributed by atoms with E-state index < -0.39 is 11.7 Å². The van der Waals surface area contributed by atoms with Gasteiger partial charge in [-0.15, -0.1) is 0 Å². The van der Waals surface area contributed by atoms with Crippen LogP contribution >= 0.6 is 0 Å². The van der Waals surface area contributed by atoms with E-state index in [9.17, 15) is 0 Å². The van der Waals surface area contributed by atoms with E-state index in [1.807, 2.05) is 0 Å². The Hall–Kier alpha value is -0.200. The second kappa shape index (κ2) is 2.20. The van der Waals surface area contributed by atoms with E-state index in [0.29, 0.717) is 0 Å². The zero-order valence-electron chi connectivity index (χ0n) is 5.72. The summed E-state index contributed by atoms with van der Waals surface area (Å²) in [5, 5.41) is 0. The van der Waals surface area contributed by atoms with Gasteiger partial charge in [0.05, 0.1) is 0 Å². The molecule has 0 spiro atoms. The molecule has 0 heterocycles. The monoisotopic (exact) mass is 134 g/mol. The van der Waals surface area contributed by atoms with Crippen molar-refractivity contribution in [3.05, 3.63) is 0 Å². The molecule has 0 aliphatic carbocycles. The van der Waals surface area contributed by atoms with Crippen molar-refractivity contribution in [1.29, 1.82) is 0 Å². The Labute approximate surface area is 54.3 Å². The van der Waals surface area contributed by atoms with Crippen molar-refractivity contribution >= 4 is 0 Å². The molecule has 0 bridgehead atoms. The fourth-order valence-corrected chi connectivity index (χ4v) is 0.474. The van der Waals surface area contributed by atoms with E-state index in [2.05, 4.69) is 0 Å². The van der Waals surface area contributed by atoms with Crippen LogP contribution in [0.25, 0.3) is 0 Å². The molecule has 0 fully saturated rings. The van der Waals surface area contributed by atoms with Gasteiger partial charge in [-0.3, -0.25) is 22.9 Å². The van der Waals surface area contributed by atoms with Gasteiger partial charge < -0.3 is 4.74 Å². The Morgan fingerprint density at radius 1 is 0.889 bits per heavy atom. The molecule has 0 radical (unpaired) electrons. The molecule has 0 rings (SSSR count). The summed E-state index contributed by atoms with van der Waals surface area (Å²) in [4.78, 5) is 0. The van der Waals surface area contributed by atoms with Gasteiger partial charge in [-0.05, 0) is 13.8 Å². The van der Waals surface area contributed by atoms with Crippen LogP contribution in [-0.4, -0.2) is 11.7 Å². The summed E-state index contributed by atoms with van der Waals surface area (Å²) in [7, 11) is 0. The molecule has 0 saturated heterocycles. The normalized spacial score (nSPS) is 14.0. The molecule has 9 heavy (non-hydrogen) atoms. The predicted octanol–water partition coefficient (Wildman–Crippen LogP) is -1.81. The first-order chi connectivity index (χ1) is 3.71. The molecule has 8 N–H and O–H groups in total. The second-order valence-electron chi connectivity index (χ2n) is 2.47. The van der Waals surface area contributed by atoms with Crippen molar-refractivity contribution in [3.8, 4) is 0 Å². The van der Waals surface area contributed by atoms with Crippen LogP contribution < -0.4 is 22.9 Å². The van der Waals surface area contributed by atoms with E-state index >= 15 is 0 Å². The van der Waals surface area contributed by atoms with Crippen molar-refractivity contribution in [2.45, 2.75) is 25.5 Å². The summed E-state index contributed by atoms with van der Waals surface area (Å²) < 4.78 is 4.74. The number of nitrogens with two attached hydrogens (primary N) is 4. The SMILES string of the molecule is CC(N)(N)OC(C)(N)N. The van der Waals surface area contributed by atoms with Crippen molar-refractivity contribution in [2.24, 2.45) is 22.9 Å². The van der Waals surface area contributed by atoms with Gasteiger partial charge >= 0.3 is 0 Å². The number of rotatable bonds is 2. The highest BCUT2D eigenvalue weighted by molar-refractivity contribution is 4.62. The largest absolute Gasteiger partial charge is 0.314 e. The quantitative estimate of drug-likeness (QED) is 0.332. The summed E-state index contributed by atoms with van der Waals surface area (Å²) in [6, 6.07) is 0. The van der Waals surface area contributed by atoms with Crippen LogP contribution in [0.2, 0.25) is 0 Å². The van der Waals surface area contributed by atoms with Crippen LogP contribution in [0.4, 0.5) is 0 Å². The van der Waals surface area contributed by atoms with Gasteiger partial charge in [0.1, 0.15) is 0 Å². The zero-order chi connectivity index (χ0) is 7.71. The van der Waals surface area contributed by atoms with Crippen LogP contribution in [0.1, 0.15) is 13.8 Å². The molecule has 0 aromatic rings. The lowest BCUT2D eigenvalue weighted by molar-refractivity contribution is -0.129. The number of hydrogen-bond acceptors (Lipinski definition) is 5. The third-order valence-electron chi connectivity index (χ3n) is 0.440. The smallest absolute Gasteiger partial charge is 0.170 e. The Kier molecular flexibility index (Phi) is 2.15. The highest BCUT2D eigenvalue weighted by Crippen LogP contribution is 1.99. The molecule has 56 valence electrons. The Bertz CT molecular complexity index is 77.7. The minimum atomic E-state index is -1.27. The predicted molar refractivity (Wildman–Crippen MR) is 34.6 cm³/mol. The molecular weight excluding hydrogens is 120 g/mol. The number of hydrogen-bond donors (Lipinski definition) is 4. The standard InChI is InChI=1S/C4H14N4O/c1-3(5,6)9-4(2,7)8/h5-8H2,1-2H3. The van der Waals surface area contributed by atoms with Gasteiger partial charge in [0.25, 0.3) is 0 Å². The molecule has 0 aliphatic heterocycles. The van der Waals surface area contributed by atoms with Gasteiger partial charge in [0.15, 0.2) is 11.7 Å². The van der Waals surface area contributed by atoms with Crippen LogP contribution in [0.5, 0.6) is 0 Å². The van der Waals surface area contributed by atoms with Crippen molar-refractivity contribution in [3.63, 3.8) is 0 Å². The van der Waals surface area contributed by atoms with Crippen molar-refractivity contribution in [2.75, 3.05) is 0 Å². The molecule has 5 nitrogen and oxygen atoms in total. The molecular formula is C4H14N4O. The zero-order valence-corrected chi connectivity index (χ0v) is 5.72. The van der Waals surface area contributed by atoms with Crippen LogP contribution in [0, 0.1) is 0 Å². The average molecular weight is 134 g/mol. The van der Waals surface area contributed by atoms with E-state index in [1.165, 1.54) is 13.8 Å². The summed E-state index contributed by atoms with van der Waals surface area (Å²) in [5.41, 5.74) is 20.9. The second-order valence-corrected chi connectivity index (χ2v) is 2.47. The van der Waals surface area contributed by atoms with Gasteiger partial charge in [-0.2, -0.15) is 0 Å². The summed E-state index contributed by atoms with van der Waals surface area (Å²) in [6.07, 6.45) is 0. The maximum atomic E-state index is 5.22. The Morgan fingerprint density at radius 2 is 1.11 bits per heavy atom. The first-order valence-corrected chi connectivity index (χ1v) is 2.56. The van der Waals surface area contributed by atoms with Crippen LogP contribution in [-0.2, 0) is 4.74 Å². The van der Waals surface area contributed by atoms with Gasteiger partial charge in [0.2, 0.25) is 0 Å². The number of ether oxygens (including phenoxy) is 1. The van der Waals surface area contributed by atoms with Crippen molar-refractivity contribution in [1.82, 2.24) is 0 Å². The maximum Gasteiger partial charge on any atom is 0.170 e. The van der Waals surface area contributed by atoms with Crippen LogP contribution in [0.3, 0.4) is 0 Å². The molecule has 0 atom stereocenters. The lowest BCUT2D eigenvalue weighted by Crippen LogP contribution is -2.61. The summed E-state index contributed by atoms with van der Waals surface area (Å²) >= 11 is 0. The fourth-order valence-electron chi connectivity index (χ4n) is 0.474. The lowest BCUT2D eigenvalue weighted by Gasteiger charge is -2.28. The minimum absolute atomic E-state index is 1.27. The Morgan fingerprint density at radius 3 is 1.11 bits per heavy atom. The molecule has 0 aromatic carbocycles. The topological polar surface area (TPSA) is 113 Å². The molecule has 5 heteroatoms. The fraction of sp³-hybridized carbons (Fsp3) is 1.00. The van der Waals surface area contributed by atoms with E-state index in [4.69, 9.17) is 27.7 Å². The highest BCUT2D eigenvalue weighted by atomic mass is 16.6. The van der Waals surface area contributed by atoms with Crippen LogP contribution in [0.15, 0.2) is 0 Å². The molecule has 0 unspecified atom stereocenters. The minimum Gasteiger partial charge on any atom is -0.314 e. The third kappa shape index (κ3) is 7.80. The first kappa shape index (κ1) is 8.80. The molecule has 0 saturated carbocycles. The summed E-state index contributed by atoms with van der Waals surface area (Å²) in [5.74, 6) is -2.53. The van der Waals surface area contributed by atoms with Crippen molar-refractivity contribution < 1.29 is 4.74 Å². The average Bonchev–Trinajstić information content (AvgIpc) is 1.14. The van der Waals surface area contributed by atoms with E-state index in [1.54, 1.807) is 0 Å². The summed E-state index contributed by atoms with van der Waals surface area (Å²) in [6.45, 7) is 2.93. The molecule has 0 aliphatic rings. The molecule has 0 aromatic heterocycles. The highest BCUT2D eigenvalue weighted by Gasteiger charge is 2.22. The van der Waals surface area contributed by atoms with E-state index in [0.717, 1.165) is 0 Å². The Balaban J connectivity index is 3.75. The third-order valence-corrected chi connectivity index (χ3v) is 0.440. The van der Waals surface area contributed by atoms with Gasteiger partial charge in [0, 0.05) is 0 Å². The van der Waals surface area contributed by atoms with E-state index in [-0.39, 0.29) is 0 Å². The maximum absolute atomic E-state index is 5.22. The van der Waals surface area contributed by atoms with Gasteiger partial charge in [-0.25, -0.2) is 0 Å².